The lowest BCUT2D eigenvalue weighted by Gasteiger charge is -2.14. The van der Waals surface area contributed by atoms with Crippen LogP contribution in [0.2, 0.25) is 0 Å². The molecule has 0 fully saturated rings. The Morgan fingerprint density at radius 1 is 0.962 bits per heavy atom. The van der Waals surface area contributed by atoms with Gasteiger partial charge in [-0.15, -0.1) is 0 Å². The number of nitrogens with one attached hydrogen (secondary N) is 2. The number of rotatable bonds is 9. The minimum atomic E-state index is -1.10. The number of hydrogen-bond acceptors (Lipinski definition) is 4. The van der Waals surface area contributed by atoms with Gasteiger partial charge in [0, 0.05) is 17.1 Å². The van der Waals surface area contributed by atoms with E-state index in [-0.39, 0.29) is 18.2 Å². The molecule has 2 aromatic rings. The molecular weight excluding hydrogens is 352 g/mol. The van der Waals surface area contributed by atoms with Crippen molar-refractivity contribution >= 4 is 29.5 Å². The zero-order valence-electron chi connectivity index (χ0n) is 14.1. The maximum Gasteiger partial charge on any atom is 0.327 e. The summed E-state index contributed by atoms with van der Waals surface area (Å²) in [5.74, 6) is -1.13. The van der Waals surface area contributed by atoms with Gasteiger partial charge >= 0.3 is 5.97 Å². The summed E-state index contributed by atoms with van der Waals surface area (Å²) in [6.07, 6.45) is 0. The van der Waals surface area contributed by atoms with Gasteiger partial charge in [0.2, 0.25) is 5.91 Å². The average molecular weight is 372 g/mol. The first-order chi connectivity index (χ1) is 12.6. The summed E-state index contributed by atoms with van der Waals surface area (Å²) in [4.78, 5) is 35.1. The zero-order chi connectivity index (χ0) is 18.8. The number of thioether (sulfide) groups is 1. The molecule has 0 saturated heterocycles. The van der Waals surface area contributed by atoms with Crippen LogP contribution in [0.3, 0.4) is 0 Å². The highest BCUT2D eigenvalue weighted by Gasteiger charge is 2.20. The maximum absolute atomic E-state index is 11.9. The Morgan fingerprint density at radius 2 is 1.58 bits per heavy atom. The fourth-order valence-electron chi connectivity index (χ4n) is 2.14. The van der Waals surface area contributed by atoms with Crippen LogP contribution in [0.4, 0.5) is 0 Å². The van der Waals surface area contributed by atoms with E-state index < -0.39 is 17.9 Å². The third-order valence-corrected chi connectivity index (χ3v) is 4.58. The molecule has 0 aromatic heterocycles. The highest BCUT2D eigenvalue weighted by atomic mass is 32.2. The first kappa shape index (κ1) is 19.5. The summed E-state index contributed by atoms with van der Waals surface area (Å²) >= 11 is 1.42. The minimum Gasteiger partial charge on any atom is -0.480 e. The molecule has 0 radical (unpaired) electrons. The van der Waals surface area contributed by atoms with Crippen LogP contribution in [0.25, 0.3) is 0 Å². The first-order valence-electron chi connectivity index (χ1n) is 8.03. The SMILES string of the molecule is O=C(CNC(=O)c1ccccc1)N[C@@H](CSCc1ccccc1)C(=O)O. The molecule has 3 N–H and O–H groups in total. The van der Waals surface area contributed by atoms with Gasteiger partial charge in [0.05, 0.1) is 6.54 Å². The van der Waals surface area contributed by atoms with Gasteiger partial charge in [-0.1, -0.05) is 48.5 Å². The van der Waals surface area contributed by atoms with E-state index in [0.717, 1.165) is 5.56 Å². The number of carboxylic acid groups (broad SMARTS) is 1. The predicted octanol–water partition coefficient (Wildman–Crippen LogP) is 1.92. The first-order valence-corrected chi connectivity index (χ1v) is 9.19. The van der Waals surface area contributed by atoms with Crippen LogP contribution in [0.15, 0.2) is 60.7 Å². The second-order valence-corrected chi connectivity index (χ2v) is 6.54. The number of carboxylic acids is 1. The van der Waals surface area contributed by atoms with Crippen LogP contribution in [-0.4, -0.2) is 41.2 Å². The van der Waals surface area contributed by atoms with E-state index in [1.165, 1.54) is 11.8 Å². The van der Waals surface area contributed by atoms with Crippen molar-refractivity contribution < 1.29 is 19.5 Å². The van der Waals surface area contributed by atoms with Gasteiger partial charge in [0.15, 0.2) is 0 Å². The lowest BCUT2D eigenvalue weighted by Crippen LogP contribution is -2.46. The van der Waals surface area contributed by atoms with E-state index in [0.29, 0.717) is 11.3 Å². The van der Waals surface area contributed by atoms with E-state index >= 15 is 0 Å². The molecule has 1 atom stereocenters. The molecule has 0 heterocycles. The van der Waals surface area contributed by atoms with Gasteiger partial charge in [0.25, 0.3) is 5.91 Å². The molecule has 136 valence electrons. The van der Waals surface area contributed by atoms with Crippen molar-refractivity contribution in [2.24, 2.45) is 0 Å². The Labute approximate surface area is 156 Å². The quantitative estimate of drug-likeness (QED) is 0.625. The molecule has 2 rings (SSSR count). The van der Waals surface area contributed by atoms with Crippen molar-refractivity contribution in [2.45, 2.75) is 11.8 Å². The average Bonchev–Trinajstić information content (AvgIpc) is 2.66. The van der Waals surface area contributed by atoms with Crippen molar-refractivity contribution in [1.29, 1.82) is 0 Å². The monoisotopic (exact) mass is 372 g/mol. The van der Waals surface area contributed by atoms with Crippen LogP contribution in [0.5, 0.6) is 0 Å². The lowest BCUT2D eigenvalue weighted by molar-refractivity contribution is -0.140. The molecule has 6 nitrogen and oxygen atoms in total. The number of hydrogen-bond donors (Lipinski definition) is 3. The van der Waals surface area contributed by atoms with Crippen LogP contribution < -0.4 is 10.6 Å². The zero-order valence-corrected chi connectivity index (χ0v) is 14.9. The normalized spacial score (nSPS) is 11.4. The van der Waals surface area contributed by atoms with Crippen LogP contribution in [0, 0.1) is 0 Å². The van der Waals surface area contributed by atoms with E-state index in [4.69, 9.17) is 0 Å². The topological polar surface area (TPSA) is 95.5 Å². The van der Waals surface area contributed by atoms with Gasteiger partial charge in [-0.25, -0.2) is 4.79 Å². The Kier molecular flexibility index (Phi) is 7.70. The van der Waals surface area contributed by atoms with Gasteiger partial charge < -0.3 is 15.7 Å². The smallest absolute Gasteiger partial charge is 0.327 e. The van der Waals surface area contributed by atoms with Gasteiger partial charge in [0.1, 0.15) is 6.04 Å². The largest absolute Gasteiger partial charge is 0.480 e. The number of amides is 2. The van der Waals surface area contributed by atoms with Gasteiger partial charge in [-0.3, -0.25) is 9.59 Å². The van der Waals surface area contributed by atoms with Crippen molar-refractivity contribution in [3.63, 3.8) is 0 Å². The summed E-state index contributed by atoms with van der Waals surface area (Å²) in [5, 5.41) is 14.2. The van der Waals surface area contributed by atoms with Gasteiger partial charge in [-0.05, 0) is 17.7 Å². The van der Waals surface area contributed by atoms with Gasteiger partial charge in [-0.2, -0.15) is 11.8 Å². The summed E-state index contributed by atoms with van der Waals surface area (Å²) in [6, 6.07) is 17.2. The second kappa shape index (κ2) is 10.2. The molecule has 0 aliphatic rings. The second-order valence-electron chi connectivity index (χ2n) is 5.51. The Bertz CT molecular complexity index is 738. The number of carbonyl (C=O) groups is 3. The van der Waals surface area contributed by atoms with Crippen molar-refractivity contribution in [3.8, 4) is 0 Å². The lowest BCUT2D eigenvalue weighted by atomic mass is 10.2. The molecule has 0 unspecified atom stereocenters. The summed E-state index contributed by atoms with van der Waals surface area (Å²) < 4.78 is 0. The van der Waals surface area contributed by atoms with Crippen molar-refractivity contribution in [1.82, 2.24) is 10.6 Å². The minimum absolute atomic E-state index is 0.239. The third kappa shape index (κ3) is 6.60. The van der Waals surface area contributed by atoms with Crippen LogP contribution in [0.1, 0.15) is 15.9 Å². The fraction of sp³-hybridized carbons (Fsp3) is 0.211. The Balaban J connectivity index is 1.76. The number of benzene rings is 2. The fourth-order valence-corrected chi connectivity index (χ4v) is 3.15. The maximum atomic E-state index is 11.9. The molecule has 0 aliphatic heterocycles. The Hall–Kier alpha value is -2.80. The molecule has 2 aromatic carbocycles. The van der Waals surface area contributed by atoms with Crippen LogP contribution in [-0.2, 0) is 15.3 Å². The van der Waals surface area contributed by atoms with Crippen LogP contribution >= 0.6 is 11.8 Å². The number of aliphatic carboxylic acids is 1. The van der Waals surface area contributed by atoms with Crippen molar-refractivity contribution in [3.05, 3.63) is 71.8 Å². The molecule has 26 heavy (non-hydrogen) atoms. The van der Waals surface area contributed by atoms with Crippen molar-refractivity contribution in [2.75, 3.05) is 12.3 Å². The standard InChI is InChI=1S/C19H20N2O4S/c22-17(11-20-18(23)15-9-5-2-6-10-15)21-16(19(24)25)13-26-12-14-7-3-1-4-8-14/h1-10,16H,11-13H2,(H,20,23)(H,21,22)(H,24,25)/t16-/m0/s1. The molecule has 0 aliphatic carbocycles. The highest BCUT2D eigenvalue weighted by molar-refractivity contribution is 7.98. The van der Waals surface area contributed by atoms with E-state index in [1.54, 1.807) is 30.3 Å². The highest BCUT2D eigenvalue weighted by Crippen LogP contribution is 2.13. The number of carbonyl (C=O) groups excluding carboxylic acids is 2. The predicted molar refractivity (Wildman–Crippen MR) is 101 cm³/mol. The van der Waals surface area contributed by atoms with E-state index in [9.17, 15) is 19.5 Å². The third-order valence-electron chi connectivity index (χ3n) is 3.47. The molecule has 7 heteroatoms. The summed E-state index contributed by atoms with van der Waals surface area (Å²) in [6.45, 7) is -0.277. The summed E-state index contributed by atoms with van der Waals surface area (Å²) in [7, 11) is 0. The molecule has 2 amide bonds. The van der Waals surface area contributed by atoms with E-state index in [1.807, 2.05) is 30.3 Å². The summed E-state index contributed by atoms with van der Waals surface area (Å²) in [5.41, 5.74) is 1.52. The molecular formula is C19H20N2O4S. The molecule has 0 spiro atoms. The molecule has 0 bridgehead atoms. The Morgan fingerprint density at radius 3 is 2.19 bits per heavy atom. The van der Waals surface area contributed by atoms with E-state index in [2.05, 4.69) is 10.6 Å². The molecule has 0 saturated carbocycles.